The van der Waals surface area contributed by atoms with Crippen LogP contribution in [0.3, 0.4) is 0 Å². The Morgan fingerprint density at radius 3 is 2.89 bits per heavy atom. The maximum absolute atomic E-state index is 9.75. The van der Waals surface area contributed by atoms with Crippen molar-refractivity contribution in [1.29, 1.82) is 0 Å². The smallest absolute Gasteiger partial charge is 0.0969 e. The molecule has 0 amide bonds. The fourth-order valence-corrected chi connectivity index (χ4v) is 1.79. The Hall–Kier alpha value is -1.36. The van der Waals surface area contributed by atoms with Gasteiger partial charge in [-0.15, -0.1) is 0 Å². The third-order valence-corrected chi connectivity index (χ3v) is 2.85. The minimum atomic E-state index is -0.576. The predicted octanol–water partition coefficient (Wildman–Crippen LogP) is 2.11. The summed E-state index contributed by atoms with van der Waals surface area (Å²) < 4.78 is 7.11. The molecule has 18 heavy (non-hydrogen) atoms. The Bertz CT molecular complexity index is 474. The average molecular weight is 267 g/mol. The lowest BCUT2D eigenvalue weighted by Crippen LogP contribution is -2.22. The first-order valence-corrected chi connectivity index (χ1v) is 6.10. The van der Waals surface area contributed by atoms with Gasteiger partial charge in [0.05, 0.1) is 25.9 Å². The van der Waals surface area contributed by atoms with Gasteiger partial charge in [-0.3, -0.25) is 4.68 Å². The van der Waals surface area contributed by atoms with Crippen LogP contribution in [0.15, 0.2) is 42.7 Å². The molecule has 4 nitrogen and oxygen atoms in total. The Labute approximate surface area is 111 Å². The monoisotopic (exact) mass is 266 g/mol. The normalized spacial score (nSPS) is 12.6. The summed E-state index contributed by atoms with van der Waals surface area (Å²) >= 11 is 6.00. The highest BCUT2D eigenvalue weighted by molar-refractivity contribution is 6.31. The van der Waals surface area contributed by atoms with E-state index in [1.807, 2.05) is 30.3 Å². The molecule has 1 N–H and O–H groups in total. The third kappa shape index (κ3) is 3.84. The van der Waals surface area contributed by atoms with Crippen molar-refractivity contribution < 1.29 is 9.84 Å². The van der Waals surface area contributed by atoms with Crippen molar-refractivity contribution in [3.05, 3.63) is 53.3 Å². The number of aromatic nitrogens is 2. The molecule has 5 heteroatoms. The van der Waals surface area contributed by atoms with Gasteiger partial charge in [-0.1, -0.05) is 29.8 Å². The van der Waals surface area contributed by atoms with Crippen molar-refractivity contribution in [3.8, 4) is 0 Å². The van der Waals surface area contributed by atoms with E-state index in [4.69, 9.17) is 16.3 Å². The van der Waals surface area contributed by atoms with Gasteiger partial charge in [-0.2, -0.15) is 5.10 Å². The molecule has 1 atom stereocenters. The van der Waals surface area contributed by atoms with E-state index in [2.05, 4.69) is 5.10 Å². The molecule has 0 aliphatic carbocycles. The molecule has 0 aliphatic heterocycles. The molecule has 1 unspecified atom stereocenters. The van der Waals surface area contributed by atoms with Crippen molar-refractivity contribution >= 4 is 11.6 Å². The van der Waals surface area contributed by atoms with Crippen molar-refractivity contribution in [2.24, 2.45) is 0 Å². The summed E-state index contributed by atoms with van der Waals surface area (Å²) in [6, 6.07) is 9.32. The van der Waals surface area contributed by atoms with E-state index in [9.17, 15) is 5.11 Å². The molecule has 0 fully saturated rings. The van der Waals surface area contributed by atoms with Crippen molar-refractivity contribution in [2.45, 2.75) is 19.3 Å². The van der Waals surface area contributed by atoms with Crippen LogP contribution >= 0.6 is 11.6 Å². The first kappa shape index (κ1) is 13.1. The van der Waals surface area contributed by atoms with Gasteiger partial charge in [0.25, 0.3) is 0 Å². The highest BCUT2D eigenvalue weighted by atomic mass is 35.5. The van der Waals surface area contributed by atoms with Gasteiger partial charge in [0.1, 0.15) is 0 Å². The molecule has 2 rings (SSSR count). The number of hydrogen-bond donors (Lipinski definition) is 1. The van der Waals surface area contributed by atoms with Crippen LogP contribution in [-0.2, 0) is 17.9 Å². The molecule has 1 aromatic heterocycles. The van der Waals surface area contributed by atoms with Gasteiger partial charge in [0.2, 0.25) is 0 Å². The molecule has 2 aromatic rings. The number of halogens is 1. The van der Waals surface area contributed by atoms with Crippen LogP contribution in [0.2, 0.25) is 5.02 Å². The van der Waals surface area contributed by atoms with E-state index < -0.39 is 6.10 Å². The zero-order valence-corrected chi connectivity index (χ0v) is 10.6. The van der Waals surface area contributed by atoms with Crippen LogP contribution in [0.1, 0.15) is 5.56 Å². The average Bonchev–Trinajstić information content (AvgIpc) is 2.84. The fourth-order valence-electron chi connectivity index (χ4n) is 1.60. The minimum Gasteiger partial charge on any atom is -0.389 e. The van der Waals surface area contributed by atoms with E-state index in [1.165, 1.54) is 0 Å². The number of aliphatic hydroxyl groups is 1. The van der Waals surface area contributed by atoms with Crippen molar-refractivity contribution in [1.82, 2.24) is 9.78 Å². The van der Waals surface area contributed by atoms with Crippen LogP contribution in [-0.4, -0.2) is 27.6 Å². The summed E-state index contributed by atoms with van der Waals surface area (Å²) in [4.78, 5) is 0. The summed E-state index contributed by atoms with van der Waals surface area (Å²) in [6.45, 7) is 1.08. The molecule has 0 saturated carbocycles. The number of aliphatic hydroxyl groups excluding tert-OH is 1. The minimum absolute atomic E-state index is 0.255. The molecule has 0 aliphatic rings. The lowest BCUT2D eigenvalue weighted by molar-refractivity contribution is 0.0187. The second kappa shape index (κ2) is 6.54. The highest BCUT2D eigenvalue weighted by Crippen LogP contribution is 2.15. The standard InChI is InChI=1S/C13H15ClN2O2/c14-13-5-2-1-4-11(13)9-18-10-12(17)8-16-7-3-6-15-16/h1-7,12,17H,8-10H2. The number of ether oxygens (including phenoxy) is 1. The molecule has 0 bridgehead atoms. The maximum Gasteiger partial charge on any atom is 0.0969 e. The van der Waals surface area contributed by atoms with Gasteiger partial charge >= 0.3 is 0 Å². The number of hydrogen-bond acceptors (Lipinski definition) is 3. The van der Waals surface area contributed by atoms with Gasteiger partial charge < -0.3 is 9.84 Å². The topological polar surface area (TPSA) is 47.3 Å². The molecular weight excluding hydrogens is 252 g/mol. The molecule has 96 valence electrons. The zero-order valence-electron chi connectivity index (χ0n) is 9.87. The third-order valence-electron chi connectivity index (χ3n) is 2.48. The van der Waals surface area contributed by atoms with Gasteiger partial charge in [-0.25, -0.2) is 0 Å². The van der Waals surface area contributed by atoms with Crippen LogP contribution in [0.5, 0.6) is 0 Å². The Morgan fingerprint density at radius 2 is 2.17 bits per heavy atom. The Balaban J connectivity index is 1.74. The molecule has 0 saturated heterocycles. The first-order valence-electron chi connectivity index (χ1n) is 5.72. The summed E-state index contributed by atoms with van der Waals surface area (Å²) in [7, 11) is 0. The molecule has 1 heterocycles. The molecular formula is C13H15ClN2O2. The highest BCUT2D eigenvalue weighted by Gasteiger charge is 2.06. The summed E-state index contributed by atoms with van der Waals surface area (Å²) in [5, 5.41) is 14.4. The number of rotatable bonds is 6. The molecule has 0 spiro atoms. The van der Waals surface area contributed by atoms with Crippen LogP contribution < -0.4 is 0 Å². The molecule has 1 aromatic carbocycles. The van der Waals surface area contributed by atoms with E-state index in [-0.39, 0.29) is 6.61 Å². The largest absolute Gasteiger partial charge is 0.389 e. The fraction of sp³-hybridized carbons (Fsp3) is 0.308. The number of benzene rings is 1. The Kier molecular flexibility index (Phi) is 4.75. The summed E-state index contributed by atoms with van der Waals surface area (Å²) in [5.41, 5.74) is 0.922. The van der Waals surface area contributed by atoms with E-state index in [0.29, 0.717) is 18.2 Å². The lowest BCUT2D eigenvalue weighted by Gasteiger charge is -2.12. The Morgan fingerprint density at radius 1 is 1.33 bits per heavy atom. The van der Waals surface area contributed by atoms with E-state index >= 15 is 0 Å². The quantitative estimate of drug-likeness (QED) is 0.871. The van der Waals surface area contributed by atoms with Crippen molar-refractivity contribution in [3.63, 3.8) is 0 Å². The summed E-state index contributed by atoms with van der Waals surface area (Å²) in [5.74, 6) is 0. The second-order valence-corrected chi connectivity index (χ2v) is 4.40. The van der Waals surface area contributed by atoms with Crippen LogP contribution in [0.25, 0.3) is 0 Å². The zero-order chi connectivity index (χ0) is 12.8. The second-order valence-electron chi connectivity index (χ2n) is 3.99. The first-order chi connectivity index (χ1) is 8.75. The van der Waals surface area contributed by atoms with Gasteiger partial charge in [0, 0.05) is 17.4 Å². The van der Waals surface area contributed by atoms with Gasteiger partial charge in [-0.05, 0) is 17.7 Å². The van der Waals surface area contributed by atoms with E-state index in [0.717, 1.165) is 5.56 Å². The van der Waals surface area contributed by atoms with Crippen molar-refractivity contribution in [2.75, 3.05) is 6.61 Å². The number of nitrogens with zero attached hydrogens (tertiary/aromatic N) is 2. The van der Waals surface area contributed by atoms with E-state index in [1.54, 1.807) is 17.1 Å². The van der Waals surface area contributed by atoms with Crippen LogP contribution in [0.4, 0.5) is 0 Å². The van der Waals surface area contributed by atoms with Crippen LogP contribution in [0, 0.1) is 0 Å². The summed E-state index contributed by atoms with van der Waals surface area (Å²) in [6.07, 6.45) is 2.90. The molecule has 0 radical (unpaired) electrons. The SMILES string of the molecule is OC(COCc1ccccc1Cl)Cn1cccn1. The predicted molar refractivity (Wildman–Crippen MR) is 69.3 cm³/mol. The lowest BCUT2D eigenvalue weighted by atomic mass is 10.2. The maximum atomic E-state index is 9.75. The van der Waals surface area contributed by atoms with Gasteiger partial charge in [0.15, 0.2) is 0 Å².